The molecule has 2 rings (SSSR count). The van der Waals surface area contributed by atoms with E-state index in [-0.39, 0.29) is 18.3 Å². The Morgan fingerprint density at radius 2 is 1.83 bits per heavy atom. The molecule has 24 heavy (non-hydrogen) atoms. The number of hydrogen-bond acceptors (Lipinski definition) is 3. The van der Waals surface area contributed by atoms with E-state index >= 15 is 0 Å². The standard InChI is InChI=1S/C18H20ClFN2O2/c1-22(10-11-24-17-8-6-16(20)7-9-17)13-18(23)21-12-14-2-4-15(19)5-3-14/h2-9H,10-13H2,1H3,(H,21,23). The molecule has 6 heteroatoms. The monoisotopic (exact) mass is 350 g/mol. The van der Waals surface area contributed by atoms with Crippen LogP contribution in [0.15, 0.2) is 48.5 Å². The van der Waals surface area contributed by atoms with Crippen LogP contribution in [-0.4, -0.2) is 37.6 Å². The average Bonchev–Trinajstić information content (AvgIpc) is 2.56. The van der Waals surface area contributed by atoms with Gasteiger partial charge >= 0.3 is 0 Å². The molecule has 0 radical (unpaired) electrons. The highest BCUT2D eigenvalue weighted by molar-refractivity contribution is 6.30. The highest BCUT2D eigenvalue weighted by Gasteiger charge is 2.06. The van der Waals surface area contributed by atoms with Crippen LogP contribution in [0.25, 0.3) is 0 Å². The number of rotatable bonds is 8. The molecule has 0 spiro atoms. The molecule has 0 bridgehead atoms. The Morgan fingerprint density at radius 3 is 2.50 bits per heavy atom. The Labute approximate surface area is 146 Å². The van der Waals surface area contributed by atoms with Gasteiger partial charge in [0.1, 0.15) is 18.2 Å². The van der Waals surface area contributed by atoms with Crippen molar-refractivity contribution in [3.8, 4) is 5.75 Å². The number of nitrogens with zero attached hydrogens (tertiary/aromatic N) is 1. The van der Waals surface area contributed by atoms with Crippen molar-refractivity contribution in [3.05, 3.63) is 64.9 Å². The van der Waals surface area contributed by atoms with E-state index in [0.717, 1.165) is 5.56 Å². The van der Waals surface area contributed by atoms with Gasteiger partial charge in [0.25, 0.3) is 0 Å². The highest BCUT2D eigenvalue weighted by Crippen LogP contribution is 2.11. The number of halogens is 2. The third kappa shape index (κ3) is 6.56. The number of benzene rings is 2. The van der Waals surface area contributed by atoms with Gasteiger partial charge in [0.05, 0.1) is 6.54 Å². The lowest BCUT2D eigenvalue weighted by Gasteiger charge is -2.16. The molecule has 1 amide bonds. The second kappa shape index (κ2) is 9.25. The second-order valence-electron chi connectivity index (χ2n) is 5.44. The van der Waals surface area contributed by atoms with Crippen molar-refractivity contribution in [3.63, 3.8) is 0 Å². The van der Waals surface area contributed by atoms with Gasteiger partial charge in [-0.15, -0.1) is 0 Å². The van der Waals surface area contributed by atoms with Crippen molar-refractivity contribution < 1.29 is 13.9 Å². The van der Waals surface area contributed by atoms with Crippen LogP contribution in [0.2, 0.25) is 5.02 Å². The van der Waals surface area contributed by atoms with E-state index in [1.54, 1.807) is 24.3 Å². The van der Waals surface area contributed by atoms with Crippen molar-refractivity contribution in [2.45, 2.75) is 6.54 Å². The Hall–Kier alpha value is -2.11. The van der Waals surface area contributed by atoms with Crippen molar-refractivity contribution in [1.29, 1.82) is 0 Å². The molecule has 0 aliphatic carbocycles. The molecular weight excluding hydrogens is 331 g/mol. The maximum absolute atomic E-state index is 12.8. The van der Waals surface area contributed by atoms with Crippen LogP contribution < -0.4 is 10.1 Å². The van der Waals surface area contributed by atoms with Gasteiger partial charge in [-0.2, -0.15) is 0 Å². The van der Waals surface area contributed by atoms with Gasteiger partial charge < -0.3 is 10.1 Å². The summed E-state index contributed by atoms with van der Waals surface area (Å²) in [6.45, 7) is 1.76. The summed E-state index contributed by atoms with van der Waals surface area (Å²) in [7, 11) is 1.84. The third-order valence-electron chi connectivity index (χ3n) is 3.37. The highest BCUT2D eigenvalue weighted by atomic mass is 35.5. The van der Waals surface area contributed by atoms with Gasteiger partial charge in [0.15, 0.2) is 0 Å². The number of ether oxygens (including phenoxy) is 1. The number of carbonyl (C=O) groups is 1. The Bertz CT molecular complexity index is 647. The van der Waals surface area contributed by atoms with Gasteiger partial charge in [0, 0.05) is 18.1 Å². The normalized spacial score (nSPS) is 10.7. The number of carbonyl (C=O) groups excluding carboxylic acids is 1. The van der Waals surface area contributed by atoms with E-state index < -0.39 is 0 Å². The summed E-state index contributed by atoms with van der Waals surface area (Å²) in [5.41, 5.74) is 0.995. The summed E-state index contributed by atoms with van der Waals surface area (Å²) in [4.78, 5) is 13.8. The van der Waals surface area contributed by atoms with Gasteiger partial charge in [-0.05, 0) is 49.0 Å². The second-order valence-corrected chi connectivity index (χ2v) is 5.88. The van der Waals surface area contributed by atoms with Crippen LogP contribution in [0.4, 0.5) is 4.39 Å². The first-order chi connectivity index (χ1) is 11.5. The van der Waals surface area contributed by atoms with E-state index in [4.69, 9.17) is 16.3 Å². The lowest BCUT2D eigenvalue weighted by Crippen LogP contribution is -2.36. The Balaban J connectivity index is 1.64. The molecule has 4 nitrogen and oxygen atoms in total. The van der Waals surface area contributed by atoms with Crippen LogP contribution in [0.5, 0.6) is 5.75 Å². The summed E-state index contributed by atoms with van der Waals surface area (Å²) in [5, 5.41) is 3.53. The Kier molecular flexibility index (Phi) is 7.03. The number of nitrogens with one attached hydrogen (secondary N) is 1. The van der Waals surface area contributed by atoms with E-state index in [0.29, 0.717) is 30.5 Å². The van der Waals surface area contributed by atoms with E-state index in [1.165, 1.54) is 12.1 Å². The first-order valence-electron chi connectivity index (χ1n) is 7.61. The van der Waals surface area contributed by atoms with Crippen LogP contribution in [0.3, 0.4) is 0 Å². The van der Waals surface area contributed by atoms with Gasteiger partial charge in [-0.3, -0.25) is 9.69 Å². The molecule has 0 saturated carbocycles. The zero-order valence-electron chi connectivity index (χ0n) is 13.5. The summed E-state index contributed by atoms with van der Waals surface area (Å²) < 4.78 is 18.3. The largest absolute Gasteiger partial charge is 0.492 e. The van der Waals surface area contributed by atoms with Gasteiger partial charge in [-0.1, -0.05) is 23.7 Å². The summed E-state index contributed by atoms with van der Waals surface area (Å²) >= 11 is 5.82. The third-order valence-corrected chi connectivity index (χ3v) is 3.62. The fraction of sp³-hybridized carbons (Fsp3) is 0.278. The summed E-state index contributed by atoms with van der Waals surface area (Å²) in [6, 6.07) is 13.2. The molecule has 0 aromatic heterocycles. The first-order valence-corrected chi connectivity index (χ1v) is 7.99. The summed E-state index contributed by atoms with van der Waals surface area (Å²) in [6.07, 6.45) is 0. The quantitative estimate of drug-likeness (QED) is 0.795. The van der Waals surface area contributed by atoms with Gasteiger partial charge in [-0.25, -0.2) is 4.39 Å². The molecule has 0 aliphatic rings. The topological polar surface area (TPSA) is 41.6 Å². The molecule has 128 valence electrons. The predicted molar refractivity (Wildman–Crippen MR) is 92.7 cm³/mol. The van der Waals surface area contributed by atoms with Crippen LogP contribution in [0.1, 0.15) is 5.56 Å². The molecule has 0 saturated heterocycles. The molecule has 2 aromatic rings. The number of likely N-dealkylation sites (N-methyl/N-ethyl adjacent to an activating group) is 1. The minimum absolute atomic E-state index is 0.0609. The zero-order valence-corrected chi connectivity index (χ0v) is 14.2. The minimum Gasteiger partial charge on any atom is -0.492 e. The van der Waals surface area contributed by atoms with Crippen molar-refractivity contribution in [1.82, 2.24) is 10.2 Å². The molecule has 0 atom stereocenters. The molecule has 0 fully saturated rings. The number of hydrogen-bond donors (Lipinski definition) is 1. The fourth-order valence-electron chi connectivity index (χ4n) is 2.03. The minimum atomic E-state index is -0.295. The maximum Gasteiger partial charge on any atom is 0.234 e. The Morgan fingerprint density at radius 1 is 1.17 bits per heavy atom. The van der Waals surface area contributed by atoms with Crippen molar-refractivity contribution >= 4 is 17.5 Å². The number of amides is 1. The zero-order chi connectivity index (χ0) is 17.4. The molecule has 0 aliphatic heterocycles. The smallest absolute Gasteiger partial charge is 0.234 e. The maximum atomic E-state index is 12.8. The lowest BCUT2D eigenvalue weighted by atomic mass is 10.2. The average molecular weight is 351 g/mol. The van der Waals surface area contributed by atoms with Crippen LogP contribution >= 0.6 is 11.6 Å². The molecular formula is C18H20ClFN2O2. The predicted octanol–water partition coefficient (Wildman–Crippen LogP) is 3.11. The SMILES string of the molecule is CN(CCOc1ccc(F)cc1)CC(=O)NCc1ccc(Cl)cc1. The van der Waals surface area contributed by atoms with Crippen LogP contribution in [0, 0.1) is 5.82 Å². The first kappa shape index (κ1) is 18.2. The van der Waals surface area contributed by atoms with E-state index in [2.05, 4.69) is 5.32 Å². The summed E-state index contributed by atoms with van der Waals surface area (Å²) in [5.74, 6) is 0.253. The van der Waals surface area contributed by atoms with E-state index in [1.807, 2.05) is 24.1 Å². The van der Waals surface area contributed by atoms with Crippen molar-refractivity contribution in [2.24, 2.45) is 0 Å². The molecule has 2 aromatic carbocycles. The molecule has 0 unspecified atom stereocenters. The molecule has 0 heterocycles. The van der Waals surface area contributed by atoms with Gasteiger partial charge in [0.2, 0.25) is 5.91 Å². The van der Waals surface area contributed by atoms with E-state index in [9.17, 15) is 9.18 Å². The molecule has 1 N–H and O–H groups in total. The van der Waals surface area contributed by atoms with Crippen LogP contribution in [-0.2, 0) is 11.3 Å². The van der Waals surface area contributed by atoms with Crippen molar-refractivity contribution in [2.75, 3.05) is 26.7 Å². The lowest BCUT2D eigenvalue weighted by molar-refractivity contribution is -0.122. The fourth-order valence-corrected chi connectivity index (χ4v) is 2.16.